The molecule has 1 N–H and O–H groups in total. The van der Waals surface area contributed by atoms with E-state index in [9.17, 15) is 18.0 Å². The second-order valence-electron chi connectivity index (χ2n) is 7.43. The van der Waals surface area contributed by atoms with Crippen LogP contribution in [0.25, 0.3) is 5.69 Å². The molecule has 0 radical (unpaired) electrons. The number of aromatic nitrogens is 3. The number of alkyl halides is 3. The molecule has 2 heterocycles. The minimum absolute atomic E-state index is 0.126. The number of nitrogens with one attached hydrogen (secondary N) is 1. The first-order valence-corrected chi connectivity index (χ1v) is 11.3. The van der Waals surface area contributed by atoms with Gasteiger partial charge >= 0.3 is 6.18 Å². The van der Waals surface area contributed by atoms with Crippen LogP contribution in [0.2, 0.25) is 0 Å². The van der Waals surface area contributed by atoms with Gasteiger partial charge < -0.3 is 15.0 Å². The number of carbonyl (C=O) groups excluding carboxylic acids is 1. The van der Waals surface area contributed by atoms with Gasteiger partial charge in [0.25, 0.3) is 0 Å². The van der Waals surface area contributed by atoms with Crippen molar-refractivity contribution in [2.24, 2.45) is 0 Å². The summed E-state index contributed by atoms with van der Waals surface area (Å²) >= 11 is 1.11. The SMILES string of the molecule is Cc1ccc(-n2c(SCC(=O)Nc3ccccc3C(F)(F)F)nnc2N2CCOCC2)cc1. The van der Waals surface area contributed by atoms with Crippen LogP contribution < -0.4 is 10.2 Å². The van der Waals surface area contributed by atoms with E-state index < -0.39 is 17.6 Å². The molecule has 1 aliphatic rings. The van der Waals surface area contributed by atoms with Gasteiger partial charge in [-0.1, -0.05) is 41.6 Å². The number of ether oxygens (including phenoxy) is 1. The molecule has 0 atom stereocenters. The molecule has 3 aromatic rings. The lowest BCUT2D eigenvalue weighted by molar-refractivity contribution is -0.137. The van der Waals surface area contributed by atoms with Crippen molar-refractivity contribution in [1.29, 1.82) is 0 Å². The van der Waals surface area contributed by atoms with Gasteiger partial charge in [0.15, 0.2) is 5.16 Å². The summed E-state index contributed by atoms with van der Waals surface area (Å²) in [4.78, 5) is 14.5. The number of aryl methyl sites for hydroxylation is 1. The third kappa shape index (κ3) is 5.48. The molecule has 7 nitrogen and oxygen atoms in total. The maximum absolute atomic E-state index is 13.2. The van der Waals surface area contributed by atoms with Crippen molar-refractivity contribution in [3.63, 3.8) is 0 Å². The molecule has 1 saturated heterocycles. The Morgan fingerprint density at radius 1 is 1.09 bits per heavy atom. The molecule has 0 bridgehead atoms. The molecule has 1 fully saturated rings. The van der Waals surface area contributed by atoms with Crippen LogP contribution in [-0.4, -0.2) is 52.7 Å². The summed E-state index contributed by atoms with van der Waals surface area (Å²) in [7, 11) is 0. The Hall–Kier alpha value is -3.05. The van der Waals surface area contributed by atoms with Crippen molar-refractivity contribution in [2.45, 2.75) is 18.3 Å². The molecule has 4 rings (SSSR count). The van der Waals surface area contributed by atoms with E-state index in [2.05, 4.69) is 20.4 Å². The smallest absolute Gasteiger partial charge is 0.378 e. The molecule has 1 aromatic heterocycles. The second-order valence-corrected chi connectivity index (χ2v) is 8.38. The van der Waals surface area contributed by atoms with Gasteiger partial charge in [-0.15, -0.1) is 10.2 Å². The van der Waals surface area contributed by atoms with E-state index >= 15 is 0 Å². The van der Waals surface area contributed by atoms with Crippen molar-refractivity contribution >= 4 is 29.3 Å². The normalized spacial score (nSPS) is 14.4. The van der Waals surface area contributed by atoms with Gasteiger partial charge in [-0.3, -0.25) is 9.36 Å². The lowest BCUT2D eigenvalue weighted by Gasteiger charge is -2.28. The first kappa shape index (κ1) is 23.1. The minimum atomic E-state index is -4.56. The van der Waals surface area contributed by atoms with E-state index in [1.54, 1.807) is 0 Å². The molecular formula is C22H22F3N5O2S. The van der Waals surface area contributed by atoms with E-state index in [1.807, 2.05) is 35.8 Å². The number of thioether (sulfide) groups is 1. The highest BCUT2D eigenvalue weighted by Crippen LogP contribution is 2.35. The standard InChI is InChI=1S/C22H22F3N5O2S/c1-15-6-8-16(9-7-15)30-20(29-10-12-32-13-11-29)27-28-21(30)33-14-19(31)26-18-5-3-2-4-17(18)22(23,24)25/h2-9H,10-14H2,1H3,(H,26,31). The molecule has 33 heavy (non-hydrogen) atoms. The molecule has 11 heteroatoms. The van der Waals surface area contributed by atoms with Crippen LogP contribution in [0, 0.1) is 6.92 Å². The van der Waals surface area contributed by atoms with Crippen molar-refractivity contribution in [3.05, 3.63) is 59.7 Å². The zero-order chi connectivity index (χ0) is 23.4. The fraction of sp³-hybridized carbons (Fsp3) is 0.318. The Balaban J connectivity index is 1.54. The molecule has 2 aromatic carbocycles. The highest BCUT2D eigenvalue weighted by Gasteiger charge is 2.33. The number of benzene rings is 2. The number of amides is 1. The summed E-state index contributed by atoms with van der Waals surface area (Å²) in [6.07, 6.45) is -4.56. The first-order valence-electron chi connectivity index (χ1n) is 10.3. The van der Waals surface area contributed by atoms with Crippen LogP contribution in [0.1, 0.15) is 11.1 Å². The van der Waals surface area contributed by atoms with Gasteiger partial charge in [0.2, 0.25) is 11.9 Å². The summed E-state index contributed by atoms with van der Waals surface area (Å²) < 4.78 is 46.9. The maximum atomic E-state index is 13.2. The predicted molar refractivity (Wildman–Crippen MR) is 120 cm³/mol. The van der Waals surface area contributed by atoms with E-state index in [0.717, 1.165) is 29.1 Å². The summed E-state index contributed by atoms with van der Waals surface area (Å²) in [6, 6.07) is 12.7. The van der Waals surface area contributed by atoms with Crippen LogP contribution in [0.4, 0.5) is 24.8 Å². The monoisotopic (exact) mass is 477 g/mol. The number of para-hydroxylation sites is 1. The van der Waals surface area contributed by atoms with Crippen molar-refractivity contribution in [2.75, 3.05) is 42.3 Å². The van der Waals surface area contributed by atoms with Crippen LogP contribution in [-0.2, 0) is 15.7 Å². The number of nitrogens with zero attached hydrogens (tertiary/aromatic N) is 4. The third-order valence-corrected chi connectivity index (χ3v) is 5.97. The van der Waals surface area contributed by atoms with E-state index in [0.29, 0.717) is 37.4 Å². The van der Waals surface area contributed by atoms with Gasteiger partial charge in [-0.05, 0) is 31.2 Å². The molecule has 0 unspecified atom stereocenters. The Bertz CT molecular complexity index is 1110. The van der Waals surface area contributed by atoms with E-state index in [-0.39, 0.29) is 11.4 Å². The van der Waals surface area contributed by atoms with Gasteiger partial charge in [0, 0.05) is 13.1 Å². The molecule has 0 aliphatic carbocycles. The van der Waals surface area contributed by atoms with E-state index in [4.69, 9.17) is 4.74 Å². The number of morpholine rings is 1. The number of rotatable bonds is 6. The zero-order valence-corrected chi connectivity index (χ0v) is 18.6. The topological polar surface area (TPSA) is 72.3 Å². The van der Waals surface area contributed by atoms with Crippen molar-refractivity contribution in [3.8, 4) is 5.69 Å². The molecule has 0 saturated carbocycles. The maximum Gasteiger partial charge on any atom is 0.418 e. The fourth-order valence-corrected chi connectivity index (χ4v) is 4.15. The Labute approximate surface area is 192 Å². The molecule has 0 spiro atoms. The largest absolute Gasteiger partial charge is 0.418 e. The quantitative estimate of drug-likeness (QED) is 0.538. The van der Waals surface area contributed by atoms with Crippen LogP contribution in [0.3, 0.4) is 0 Å². The summed E-state index contributed by atoms with van der Waals surface area (Å²) in [5.41, 5.74) is 0.763. The van der Waals surface area contributed by atoms with Crippen LogP contribution in [0.5, 0.6) is 0 Å². The minimum Gasteiger partial charge on any atom is -0.378 e. The molecular weight excluding hydrogens is 455 g/mol. The van der Waals surface area contributed by atoms with Crippen LogP contribution in [0.15, 0.2) is 53.7 Å². The molecule has 1 aliphatic heterocycles. The first-order chi connectivity index (χ1) is 15.8. The average molecular weight is 478 g/mol. The Morgan fingerprint density at radius 3 is 2.48 bits per heavy atom. The lowest BCUT2D eigenvalue weighted by atomic mass is 10.1. The highest BCUT2D eigenvalue weighted by molar-refractivity contribution is 7.99. The van der Waals surface area contributed by atoms with E-state index in [1.165, 1.54) is 18.2 Å². The van der Waals surface area contributed by atoms with Crippen molar-refractivity contribution in [1.82, 2.24) is 14.8 Å². The van der Waals surface area contributed by atoms with Gasteiger partial charge in [0.05, 0.1) is 35.9 Å². The summed E-state index contributed by atoms with van der Waals surface area (Å²) in [5, 5.41) is 11.4. The summed E-state index contributed by atoms with van der Waals surface area (Å²) in [5.74, 6) is -0.0604. The number of halogens is 3. The number of hydrogen-bond donors (Lipinski definition) is 1. The molecule has 1 amide bonds. The Morgan fingerprint density at radius 2 is 1.79 bits per heavy atom. The Kier molecular flexibility index (Phi) is 6.89. The number of anilines is 2. The summed E-state index contributed by atoms with van der Waals surface area (Å²) in [6.45, 7) is 4.44. The number of carbonyl (C=O) groups is 1. The predicted octanol–water partition coefficient (Wildman–Crippen LogP) is 4.16. The van der Waals surface area contributed by atoms with Gasteiger partial charge in [-0.25, -0.2) is 0 Å². The lowest BCUT2D eigenvalue weighted by Crippen LogP contribution is -2.37. The van der Waals surface area contributed by atoms with Gasteiger partial charge in [0.1, 0.15) is 0 Å². The second kappa shape index (κ2) is 9.84. The zero-order valence-electron chi connectivity index (χ0n) is 17.8. The number of hydrogen-bond acceptors (Lipinski definition) is 6. The van der Waals surface area contributed by atoms with Gasteiger partial charge in [-0.2, -0.15) is 13.2 Å². The van der Waals surface area contributed by atoms with Crippen molar-refractivity contribution < 1.29 is 22.7 Å². The average Bonchev–Trinajstić information content (AvgIpc) is 3.22. The fourth-order valence-electron chi connectivity index (χ4n) is 3.40. The molecule has 174 valence electrons. The highest BCUT2D eigenvalue weighted by atomic mass is 32.2. The van der Waals surface area contributed by atoms with Crippen LogP contribution >= 0.6 is 11.8 Å². The third-order valence-electron chi connectivity index (χ3n) is 5.04.